The van der Waals surface area contributed by atoms with Gasteiger partial charge < -0.3 is 12.7 Å². The number of carbonyl (C=O) groups excluding carboxylic acids is 1. The van der Waals surface area contributed by atoms with E-state index in [-0.39, 0.29) is 44.8 Å². The fourth-order valence-electron chi connectivity index (χ4n) is 5.44. The molecular formula is C20H36N2ORe-2. The second-order valence-corrected chi connectivity index (χ2v) is 10.5. The molecule has 2 aliphatic heterocycles. The molecule has 0 aromatic heterocycles. The van der Waals surface area contributed by atoms with Gasteiger partial charge in [0.1, 0.15) is 0 Å². The van der Waals surface area contributed by atoms with Crippen molar-refractivity contribution < 1.29 is 25.2 Å². The van der Waals surface area contributed by atoms with E-state index in [0.717, 1.165) is 26.1 Å². The standard InChI is InChI=1S/C19H33N2O.CH3.Re/c1-15(2,3)14(22)13-9-18(12-21(13)16(4,5)6)17(7,8)19(18)10-20-11-19;;/h13H,9-12H2,1-8H3;1H3;/q2*-1;/t13-,18-;;/m0../s1. The van der Waals surface area contributed by atoms with Crippen LogP contribution < -0.4 is 0 Å². The van der Waals surface area contributed by atoms with Crippen LogP contribution in [0.5, 0.6) is 0 Å². The zero-order valence-electron chi connectivity index (χ0n) is 17.1. The van der Waals surface area contributed by atoms with Gasteiger partial charge in [-0.25, -0.2) is 0 Å². The van der Waals surface area contributed by atoms with Crippen LogP contribution in [0.4, 0.5) is 0 Å². The van der Waals surface area contributed by atoms with E-state index in [0.29, 0.717) is 22.0 Å². The molecule has 3 rings (SSSR count). The van der Waals surface area contributed by atoms with Crippen LogP contribution in [0.25, 0.3) is 5.32 Å². The molecule has 2 atom stereocenters. The minimum absolute atomic E-state index is 0. The number of hydrogen-bond acceptors (Lipinski definition) is 2. The van der Waals surface area contributed by atoms with Gasteiger partial charge in [0.15, 0.2) is 5.78 Å². The average molecular weight is 507 g/mol. The van der Waals surface area contributed by atoms with Gasteiger partial charge in [-0.05, 0) is 38.0 Å². The molecule has 3 aliphatic rings. The van der Waals surface area contributed by atoms with Gasteiger partial charge in [-0.15, -0.1) is 13.1 Å². The Labute approximate surface area is 163 Å². The smallest absolute Gasteiger partial charge is 0.155 e. The normalized spacial score (nSPS) is 33.6. The molecule has 3 nitrogen and oxygen atoms in total. The third kappa shape index (κ3) is 2.51. The molecule has 1 aliphatic carbocycles. The Bertz CT molecular complexity index is 511. The summed E-state index contributed by atoms with van der Waals surface area (Å²) < 4.78 is 0. The second kappa shape index (κ2) is 5.88. The van der Waals surface area contributed by atoms with E-state index in [1.54, 1.807) is 0 Å². The maximum Gasteiger partial charge on any atom is 0.155 e. The Morgan fingerprint density at radius 3 is 1.83 bits per heavy atom. The van der Waals surface area contributed by atoms with Gasteiger partial charge in [0.2, 0.25) is 0 Å². The number of Topliss-reactive ketones (excluding diaryl/α,β-unsaturated/α-hetero) is 1. The summed E-state index contributed by atoms with van der Waals surface area (Å²) in [7, 11) is 0. The third-order valence-corrected chi connectivity index (χ3v) is 7.27. The zero-order valence-corrected chi connectivity index (χ0v) is 19.8. The summed E-state index contributed by atoms with van der Waals surface area (Å²) in [5.41, 5.74) is 0.751. The first-order valence-corrected chi connectivity index (χ1v) is 8.75. The van der Waals surface area contributed by atoms with E-state index in [2.05, 4.69) is 65.6 Å². The second-order valence-electron chi connectivity index (χ2n) is 10.5. The van der Waals surface area contributed by atoms with Crippen molar-refractivity contribution >= 4 is 5.78 Å². The van der Waals surface area contributed by atoms with Crippen molar-refractivity contribution in [3.05, 3.63) is 12.7 Å². The number of ketones is 1. The van der Waals surface area contributed by atoms with Crippen LogP contribution in [0.3, 0.4) is 0 Å². The summed E-state index contributed by atoms with van der Waals surface area (Å²) in [6.07, 6.45) is 1.03. The number of nitrogens with zero attached hydrogens (tertiary/aromatic N) is 2. The van der Waals surface area contributed by atoms with Crippen molar-refractivity contribution in [2.45, 2.75) is 73.4 Å². The van der Waals surface area contributed by atoms with Crippen molar-refractivity contribution in [2.75, 3.05) is 19.6 Å². The number of rotatable bonds is 1. The van der Waals surface area contributed by atoms with Crippen LogP contribution in [0.1, 0.15) is 61.8 Å². The number of likely N-dealkylation sites (tertiary alicyclic amines) is 1. The molecule has 2 heterocycles. The first-order chi connectivity index (χ1) is 9.80. The van der Waals surface area contributed by atoms with Gasteiger partial charge in [-0.1, -0.05) is 40.0 Å². The van der Waals surface area contributed by atoms with Crippen molar-refractivity contribution in [1.82, 2.24) is 4.90 Å². The minimum atomic E-state index is -0.268. The molecule has 4 heteroatoms. The van der Waals surface area contributed by atoms with Crippen LogP contribution in [-0.4, -0.2) is 41.9 Å². The molecule has 0 unspecified atom stereocenters. The summed E-state index contributed by atoms with van der Waals surface area (Å²) in [6.45, 7) is 20.8. The third-order valence-electron chi connectivity index (χ3n) is 7.27. The zero-order chi connectivity index (χ0) is 16.8. The van der Waals surface area contributed by atoms with Crippen LogP contribution >= 0.6 is 0 Å². The summed E-state index contributed by atoms with van der Waals surface area (Å²) in [6, 6.07) is 0.0687. The van der Waals surface area contributed by atoms with E-state index in [1.807, 2.05) is 0 Å². The molecule has 2 saturated heterocycles. The predicted molar refractivity (Wildman–Crippen MR) is 97.5 cm³/mol. The predicted octanol–water partition coefficient (Wildman–Crippen LogP) is 4.32. The molecule has 0 bridgehead atoms. The number of carbonyl (C=O) groups is 1. The first kappa shape index (κ1) is 22.3. The summed E-state index contributed by atoms with van der Waals surface area (Å²) >= 11 is 0. The molecule has 2 spiro atoms. The van der Waals surface area contributed by atoms with E-state index < -0.39 is 0 Å². The van der Waals surface area contributed by atoms with E-state index in [4.69, 9.17) is 0 Å². The Morgan fingerprint density at radius 1 is 1.04 bits per heavy atom. The Balaban J connectivity index is 0.00000144. The molecule has 3 fully saturated rings. The van der Waals surface area contributed by atoms with Gasteiger partial charge in [-0.3, -0.25) is 9.69 Å². The molecule has 0 aromatic rings. The maximum atomic E-state index is 13.1. The van der Waals surface area contributed by atoms with Crippen molar-refractivity contribution in [1.29, 1.82) is 0 Å². The largest absolute Gasteiger partial charge is 0.661 e. The molecular weight excluding hydrogens is 470 g/mol. The molecule has 0 amide bonds. The van der Waals surface area contributed by atoms with Gasteiger partial charge in [0.25, 0.3) is 0 Å². The Morgan fingerprint density at radius 2 is 1.54 bits per heavy atom. The van der Waals surface area contributed by atoms with Crippen molar-refractivity contribution in [2.24, 2.45) is 21.7 Å². The number of fused-ring (bicyclic) bond motifs is 1. The van der Waals surface area contributed by atoms with E-state index in [9.17, 15) is 4.79 Å². The fraction of sp³-hybridized carbons (Fsp3) is 0.900. The summed E-state index contributed by atoms with van der Waals surface area (Å²) in [5.74, 6) is 0.411. The molecule has 141 valence electrons. The molecule has 0 N–H and O–H groups in total. The van der Waals surface area contributed by atoms with Crippen molar-refractivity contribution in [3.8, 4) is 0 Å². The monoisotopic (exact) mass is 507 g/mol. The topological polar surface area (TPSA) is 34.4 Å². The number of hydrogen-bond donors (Lipinski definition) is 0. The van der Waals surface area contributed by atoms with Crippen LogP contribution in [0.2, 0.25) is 0 Å². The molecule has 24 heavy (non-hydrogen) atoms. The summed E-state index contributed by atoms with van der Waals surface area (Å²) in [4.78, 5) is 15.6. The molecule has 0 aromatic carbocycles. The van der Waals surface area contributed by atoms with Crippen LogP contribution in [0.15, 0.2) is 0 Å². The first-order valence-electron chi connectivity index (χ1n) is 8.75. The van der Waals surface area contributed by atoms with Gasteiger partial charge >= 0.3 is 0 Å². The van der Waals surface area contributed by atoms with E-state index >= 15 is 0 Å². The SMILES string of the molecule is CC(C)(C)C(=O)[C@@H]1C[C@]2(CN1C(C)(C)C)C(C)(C)C21C[N-]C1.[CH3-].[Re]. The van der Waals surface area contributed by atoms with Crippen LogP contribution in [-0.2, 0) is 25.2 Å². The van der Waals surface area contributed by atoms with Gasteiger partial charge in [0, 0.05) is 37.9 Å². The van der Waals surface area contributed by atoms with Gasteiger partial charge in [0.05, 0.1) is 6.04 Å². The van der Waals surface area contributed by atoms with E-state index in [1.165, 1.54) is 0 Å². The Hall–Kier alpha value is 0.252. The molecule has 1 radical (unpaired) electrons. The van der Waals surface area contributed by atoms with Gasteiger partial charge in [-0.2, -0.15) is 0 Å². The average Bonchev–Trinajstić information content (AvgIpc) is 2.58. The minimum Gasteiger partial charge on any atom is -0.661 e. The fourth-order valence-corrected chi connectivity index (χ4v) is 5.44. The van der Waals surface area contributed by atoms with Crippen LogP contribution in [0, 0.1) is 29.1 Å². The quantitative estimate of drug-likeness (QED) is 0.497. The summed E-state index contributed by atoms with van der Waals surface area (Å²) in [5, 5.41) is 4.55. The molecule has 1 saturated carbocycles. The van der Waals surface area contributed by atoms with Crippen molar-refractivity contribution in [3.63, 3.8) is 0 Å². The Kier molecular flexibility index (Phi) is 5.46. The maximum absolute atomic E-state index is 13.1.